The van der Waals surface area contributed by atoms with Crippen LogP contribution in [0.3, 0.4) is 0 Å². The molecule has 4 atom stereocenters. The Balaban J connectivity index is 2.04. The third-order valence-corrected chi connectivity index (χ3v) is 4.82. The van der Waals surface area contributed by atoms with Gasteiger partial charge in [-0.05, 0) is 43.4 Å². The average molecular weight is 216 g/mol. The quantitative estimate of drug-likeness (QED) is 0.709. The molecule has 0 amide bonds. The number of nitrogens with zero attached hydrogens (tertiary/aromatic N) is 2. The number of rotatable bonds is 2. The van der Waals surface area contributed by atoms with Gasteiger partial charge in [0.15, 0.2) is 0 Å². The molecule has 0 aromatic heterocycles. The fourth-order valence-corrected chi connectivity index (χ4v) is 3.87. The van der Waals surface area contributed by atoms with Crippen molar-refractivity contribution in [3.05, 3.63) is 0 Å². The maximum Gasteiger partial charge on any atom is 0.0658 e. The van der Waals surface area contributed by atoms with Crippen LogP contribution in [0.25, 0.3) is 0 Å². The van der Waals surface area contributed by atoms with E-state index in [0.717, 1.165) is 12.8 Å². The molecular weight excluding hydrogens is 196 g/mol. The van der Waals surface area contributed by atoms with Gasteiger partial charge in [0.25, 0.3) is 0 Å². The van der Waals surface area contributed by atoms with E-state index in [9.17, 15) is 0 Å². The summed E-state index contributed by atoms with van der Waals surface area (Å²) in [6, 6.07) is 4.94. The van der Waals surface area contributed by atoms with Gasteiger partial charge in [0.05, 0.1) is 12.1 Å². The lowest BCUT2D eigenvalue weighted by Gasteiger charge is -2.29. The first kappa shape index (κ1) is 11.5. The standard InChI is InChI=1S/C14H20N2/c1-10(13-6-2-4-11(13)8-15)14-7-3-5-12(14)9-16/h10-14H,2-7H2,1H3. The van der Waals surface area contributed by atoms with Gasteiger partial charge in [-0.1, -0.05) is 19.8 Å². The number of hydrogen-bond acceptors (Lipinski definition) is 2. The van der Waals surface area contributed by atoms with Gasteiger partial charge in [0, 0.05) is 11.8 Å². The van der Waals surface area contributed by atoms with Crippen molar-refractivity contribution in [2.45, 2.75) is 45.4 Å². The van der Waals surface area contributed by atoms with Gasteiger partial charge in [0.1, 0.15) is 0 Å². The molecule has 86 valence electrons. The highest BCUT2D eigenvalue weighted by atomic mass is 14.5. The number of nitriles is 2. The smallest absolute Gasteiger partial charge is 0.0658 e. The predicted octanol–water partition coefficient (Wildman–Crippen LogP) is 3.50. The van der Waals surface area contributed by atoms with Crippen molar-refractivity contribution in [2.75, 3.05) is 0 Å². The zero-order valence-corrected chi connectivity index (χ0v) is 10.0. The van der Waals surface area contributed by atoms with Crippen LogP contribution < -0.4 is 0 Å². The Hall–Kier alpha value is -1.02. The first-order valence-electron chi connectivity index (χ1n) is 6.57. The molecule has 0 spiro atoms. The Morgan fingerprint density at radius 1 is 0.875 bits per heavy atom. The van der Waals surface area contributed by atoms with Crippen LogP contribution in [0.15, 0.2) is 0 Å². The molecule has 2 aliphatic rings. The molecule has 2 fully saturated rings. The summed E-state index contributed by atoms with van der Waals surface area (Å²) < 4.78 is 0. The van der Waals surface area contributed by atoms with E-state index in [4.69, 9.17) is 10.5 Å². The zero-order valence-electron chi connectivity index (χ0n) is 10.0. The summed E-state index contributed by atoms with van der Waals surface area (Å²) >= 11 is 0. The molecule has 0 N–H and O–H groups in total. The first-order chi connectivity index (χ1) is 7.77. The van der Waals surface area contributed by atoms with Crippen molar-refractivity contribution < 1.29 is 0 Å². The molecule has 0 saturated heterocycles. The largest absolute Gasteiger partial charge is 0.198 e. The summed E-state index contributed by atoms with van der Waals surface area (Å²) in [5, 5.41) is 18.3. The lowest BCUT2D eigenvalue weighted by Crippen LogP contribution is -2.25. The molecule has 2 rings (SSSR count). The minimum atomic E-state index is 0.259. The third-order valence-electron chi connectivity index (χ3n) is 4.82. The van der Waals surface area contributed by atoms with Crippen LogP contribution in [0.4, 0.5) is 0 Å². The zero-order chi connectivity index (χ0) is 11.5. The van der Waals surface area contributed by atoms with E-state index in [2.05, 4.69) is 19.1 Å². The summed E-state index contributed by atoms with van der Waals surface area (Å²) in [4.78, 5) is 0. The lowest BCUT2D eigenvalue weighted by atomic mass is 9.74. The summed E-state index contributed by atoms with van der Waals surface area (Å²) in [5.41, 5.74) is 0. The second-order valence-corrected chi connectivity index (χ2v) is 5.52. The molecule has 2 saturated carbocycles. The Morgan fingerprint density at radius 2 is 1.31 bits per heavy atom. The molecule has 0 aromatic rings. The van der Waals surface area contributed by atoms with Gasteiger partial charge in [-0.15, -0.1) is 0 Å². The molecule has 4 unspecified atom stereocenters. The van der Waals surface area contributed by atoms with Gasteiger partial charge >= 0.3 is 0 Å². The summed E-state index contributed by atoms with van der Waals surface area (Å²) in [5.74, 6) is 2.21. The minimum Gasteiger partial charge on any atom is -0.198 e. The van der Waals surface area contributed by atoms with Crippen molar-refractivity contribution >= 4 is 0 Å². The van der Waals surface area contributed by atoms with Gasteiger partial charge in [0.2, 0.25) is 0 Å². The Bertz CT molecular complexity index is 291. The van der Waals surface area contributed by atoms with Crippen LogP contribution >= 0.6 is 0 Å². The van der Waals surface area contributed by atoms with Crippen LogP contribution in [-0.4, -0.2) is 0 Å². The van der Waals surface area contributed by atoms with Crippen LogP contribution in [0.5, 0.6) is 0 Å². The Kier molecular flexibility index (Phi) is 3.49. The number of hydrogen-bond donors (Lipinski definition) is 0. The summed E-state index contributed by atoms with van der Waals surface area (Å²) in [6.07, 6.45) is 6.97. The fraction of sp³-hybridized carbons (Fsp3) is 0.857. The van der Waals surface area contributed by atoms with Gasteiger partial charge in [-0.2, -0.15) is 10.5 Å². The SMILES string of the molecule is CC(C1CCCC1C#N)C1CCCC1C#N. The van der Waals surface area contributed by atoms with Crippen LogP contribution in [-0.2, 0) is 0 Å². The van der Waals surface area contributed by atoms with Crippen molar-refractivity contribution in [3.63, 3.8) is 0 Å². The van der Waals surface area contributed by atoms with Crippen LogP contribution in [0, 0.1) is 52.3 Å². The topological polar surface area (TPSA) is 47.6 Å². The maximum absolute atomic E-state index is 9.14. The molecule has 0 heterocycles. The molecule has 0 aliphatic heterocycles. The van der Waals surface area contributed by atoms with Crippen LogP contribution in [0.2, 0.25) is 0 Å². The normalized spacial score (nSPS) is 40.2. The lowest BCUT2D eigenvalue weighted by molar-refractivity contribution is 0.205. The van der Waals surface area contributed by atoms with Crippen molar-refractivity contribution in [1.82, 2.24) is 0 Å². The van der Waals surface area contributed by atoms with Crippen molar-refractivity contribution in [1.29, 1.82) is 10.5 Å². The average Bonchev–Trinajstić information content (AvgIpc) is 2.96. The molecule has 0 radical (unpaired) electrons. The summed E-state index contributed by atoms with van der Waals surface area (Å²) in [6.45, 7) is 2.28. The third kappa shape index (κ3) is 1.94. The first-order valence-corrected chi connectivity index (χ1v) is 6.57. The Morgan fingerprint density at radius 3 is 1.69 bits per heavy atom. The second-order valence-electron chi connectivity index (χ2n) is 5.52. The molecule has 16 heavy (non-hydrogen) atoms. The monoisotopic (exact) mass is 216 g/mol. The van der Waals surface area contributed by atoms with Crippen LogP contribution in [0.1, 0.15) is 45.4 Å². The van der Waals surface area contributed by atoms with Crippen molar-refractivity contribution in [3.8, 4) is 12.1 Å². The highest BCUT2D eigenvalue weighted by Gasteiger charge is 2.39. The van der Waals surface area contributed by atoms with E-state index in [1.54, 1.807) is 0 Å². The van der Waals surface area contributed by atoms with Crippen molar-refractivity contribution in [2.24, 2.45) is 29.6 Å². The Labute approximate surface area is 98.3 Å². The molecule has 2 heteroatoms. The second kappa shape index (κ2) is 4.88. The maximum atomic E-state index is 9.14. The van der Waals surface area contributed by atoms with E-state index >= 15 is 0 Å². The summed E-state index contributed by atoms with van der Waals surface area (Å²) in [7, 11) is 0. The predicted molar refractivity (Wildman–Crippen MR) is 62.1 cm³/mol. The van der Waals surface area contributed by atoms with E-state index in [0.29, 0.717) is 17.8 Å². The molecule has 2 aliphatic carbocycles. The molecule has 0 aromatic carbocycles. The van der Waals surface area contributed by atoms with Gasteiger partial charge < -0.3 is 0 Å². The fourth-order valence-electron chi connectivity index (χ4n) is 3.87. The van der Waals surface area contributed by atoms with E-state index < -0.39 is 0 Å². The van der Waals surface area contributed by atoms with Gasteiger partial charge in [-0.3, -0.25) is 0 Å². The minimum absolute atomic E-state index is 0.259. The molecule has 2 nitrogen and oxygen atoms in total. The molecular formula is C14H20N2. The molecule has 0 bridgehead atoms. The van der Waals surface area contributed by atoms with E-state index in [1.807, 2.05) is 0 Å². The van der Waals surface area contributed by atoms with Gasteiger partial charge in [-0.25, -0.2) is 0 Å². The van der Waals surface area contributed by atoms with E-state index in [-0.39, 0.29) is 11.8 Å². The highest BCUT2D eigenvalue weighted by molar-refractivity contribution is 5.00. The highest BCUT2D eigenvalue weighted by Crippen LogP contribution is 2.46. The van der Waals surface area contributed by atoms with E-state index in [1.165, 1.54) is 25.7 Å².